The molecule has 0 fully saturated rings. The molecule has 0 heterocycles. The van der Waals surface area contributed by atoms with Crippen LogP contribution in [0.3, 0.4) is 0 Å². The quantitative estimate of drug-likeness (QED) is 0.513. The highest BCUT2D eigenvalue weighted by atomic mass is 16.3. The van der Waals surface area contributed by atoms with Crippen molar-refractivity contribution in [3.05, 3.63) is 57.6 Å². The number of benzene rings is 2. The molecule has 7 nitrogen and oxygen atoms in total. The number of nitrogens with one attached hydrogen (secondary N) is 2. The molecule has 0 saturated heterocycles. The van der Waals surface area contributed by atoms with E-state index in [1.54, 1.807) is 52.0 Å². The molecule has 0 saturated carbocycles. The summed E-state index contributed by atoms with van der Waals surface area (Å²) in [5.41, 5.74) is 1.82. The predicted molar refractivity (Wildman–Crippen MR) is 125 cm³/mol. The van der Waals surface area contributed by atoms with Crippen molar-refractivity contribution >= 4 is 29.0 Å². The molecule has 0 radical (unpaired) electrons. The van der Waals surface area contributed by atoms with Gasteiger partial charge in [0.2, 0.25) is 0 Å². The van der Waals surface area contributed by atoms with Crippen molar-refractivity contribution < 1.29 is 24.6 Å². The lowest BCUT2D eigenvalue weighted by molar-refractivity contribution is -0.131. The number of aliphatic hydroxyl groups is 2. The zero-order valence-corrected chi connectivity index (χ0v) is 19.9. The van der Waals surface area contributed by atoms with Crippen molar-refractivity contribution in [1.82, 2.24) is 0 Å². The number of aryl methyl sites for hydroxylation is 4. The Balaban J connectivity index is 2.37. The normalized spacial score (nSPS) is 11.8. The Hall–Kier alpha value is -3.03. The lowest BCUT2D eigenvalue weighted by Crippen LogP contribution is -2.37. The van der Waals surface area contributed by atoms with Crippen molar-refractivity contribution in [1.29, 1.82) is 0 Å². The van der Waals surface area contributed by atoms with Crippen molar-refractivity contribution in [3.63, 3.8) is 0 Å². The topological polar surface area (TPSA) is 116 Å². The van der Waals surface area contributed by atoms with Crippen LogP contribution in [0.25, 0.3) is 0 Å². The van der Waals surface area contributed by atoms with Gasteiger partial charge in [-0.3, -0.25) is 14.4 Å². The molecule has 0 bridgehead atoms. The molecule has 32 heavy (non-hydrogen) atoms. The van der Waals surface area contributed by atoms with Gasteiger partial charge >= 0.3 is 0 Å². The Labute approximate surface area is 188 Å². The average Bonchev–Trinajstić information content (AvgIpc) is 2.64. The highest BCUT2D eigenvalue weighted by Crippen LogP contribution is 2.28. The Morgan fingerprint density at radius 2 is 0.875 bits per heavy atom. The monoisotopic (exact) mass is 440 g/mol. The maximum Gasteiger partial charge on any atom is 0.255 e. The Morgan fingerprint density at radius 1 is 0.625 bits per heavy atom. The van der Waals surface area contributed by atoms with E-state index in [9.17, 15) is 24.6 Å². The van der Waals surface area contributed by atoms with Crippen LogP contribution in [0, 0.1) is 27.7 Å². The number of amides is 2. The number of carbonyl (C=O) groups is 3. The van der Waals surface area contributed by atoms with E-state index in [0.717, 1.165) is 0 Å². The summed E-state index contributed by atoms with van der Waals surface area (Å²) in [5.74, 6) is -1.25. The molecule has 0 unspecified atom stereocenters. The minimum Gasteiger partial charge on any atom is -0.381 e. The number of hydrogen-bond acceptors (Lipinski definition) is 5. The fraction of sp³-hybridized carbons (Fsp3) is 0.400. The van der Waals surface area contributed by atoms with Gasteiger partial charge in [0.05, 0.1) is 0 Å². The maximum atomic E-state index is 13.2. The fourth-order valence-electron chi connectivity index (χ4n) is 3.28. The largest absolute Gasteiger partial charge is 0.381 e. The number of rotatable bonds is 6. The fourth-order valence-corrected chi connectivity index (χ4v) is 3.28. The van der Waals surface area contributed by atoms with Gasteiger partial charge in [-0.05, 0) is 102 Å². The summed E-state index contributed by atoms with van der Waals surface area (Å²) < 4.78 is 0. The van der Waals surface area contributed by atoms with Gasteiger partial charge in [-0.1, -0.05) is 0 Å². The van der Waals surface area contributed by atoms with Crippen LogP contribution in [0.2, 0.25) is 0 Å². The van der Waals surface area contributed by atoms with Crippen molar-refractivity contribution in [2.45, 2.75) is 66.6 Å². The second-order valence-electron chi connectivity index (χ2n) is 9.33. The van der Waals surface area contributed by atoms with Crippen LogP contribution in [-0.2, 0) is 9.59 Å². The Bertz CT molecular complexity index is 957. The molecule has 0 aliphatic heterocycles. The van der Waals surface area contributed by atoms with Crippen LogP contribution in [0.4, 0.5) is 11.4 Å². The molecular formula is C25H32N2O5. The lowest BCUT2D eigenvalue weighted by atomic mass is 9.94. The van der Waals surface area contributed by atoms with E-state index in [0.29, 0.717) is 44.8 Å². The predicted octanol–water partition coefficient (Wildman–Crippen LogP) is 3.57. The van der Waals surface area contributed by atoms with Gasteiger partial charge in [-0.2, -0.15) is 0 Å². The summed E-state index contributed by atoms with van der Waals surface area (Å²) in [6.45, 7) is 12.8. The summed E-state index contributed by atoms with van der Waals surface area (Å²) >= 11 is 0. The molecule has 2 aromatic rings. The molecular weight excluding hydrogens is 408 g/mol. The third-order valence-electron chi connectivity index (χ3n) is 5.18. The van der Waals surface area contributed by atoms with E-state index in [1.807, 2.05) is 0 Å². The van der Waals surface area contributed by atoms with Gasteiger partial charge in [0.15, 0.2) is 5.78 Å². The zero-order chi connectivity index (χ0) is 24.6. The number of anilines is 2. The number of hydrogen-bond donors (Lipinski definition) is 4. The van der Waals surface area contributed by atoms with Gasteiger partial charge in [0.25, 0.3) is 11.8 Å². The van der Waals surface area contributed by atoms with Crippen LogP contribution in [-0.4, -0.2) is 39.0 Å². The van der Waals surface area contributed by atoms with E-state index < -0.39 is 23.0 Å². The van der Waals surface area contributed by atoms with Gasteiger partial charge in [-0.25, -0.2) is 0 Å². The third kappa shape index (κ3) is 5.60. The van der Waals surface area contributed by atoms with Crippen LogP contribution in [0.5, 0.6) is 0 Å². The Kier molecular flexibility index (Phi) is 6.97. The standard InChI is InChI=1S/C25H32N2O5/c1-13-9-17(10-14(2)19(13)26-22(29)24(5,6)31)21(28)18-11-15(3)20(16(4)12-18)27-23(30)25(7,8)32/h9-12,31-32H,1-8H3,(H,26,29)(H,27,30). The van der Waals surface area contributed by atoms with Gasteiger partial charge in [-0.15, -0.1) is 0 Å². The van der Waals surface area contributed by atoms with Crippen LogP contribution in [0.1, 0.15) is 65.9 Å². The van der Waals surface area contributed by atoms with Crippen molar-refractivity contribution in [2.75, 3.05) is 10.6 Å². The molecule has 2 rings (SSSR count). The Morgan fingerprint density at radius 3 is 1.09 bits per heavy atom. The molecule has 0 aliphatic carbocycles. The molecule has 0 atom stereocenters. The molecule has 172 valence electrons. The molecule has 0 aromatic heterocycles. The van der Waals surface area contributed by atoms with Gasteiger partial charge < -0.3 is 20.8 Å². The van der Waals surface area contributed by atoms with E-state index in [-0.39, 0.29) is 5.78 Å². The average molecular weight is 441 g/mol. The smallest absolute Gasteiger partial charge is 0.255 e. The summed E-state index contributed by atoms with van der Waals surface area (Å²) in [7, 11) is 0. The third-order valence-corrected chi connectivity index (χ3v) is 5.18. The SMILES string of the molecule is Cc1cc(C(=O)c2cc(C)c(NC(=O)C(C)(C)O)c(C)c2)cc(C)c1NC(=O)C(C)(C)O. The first-order chi connectivity index (χ1) is 14.5. The second kappa shape index (κ2) is 8.84. The van der Waals surface area contributed by atoms with E-state index >= 15 is 0 Å². The highest BCUT2D eigenvalue weighted by molar-refractivity contribution is 6.10. The number of ketones is 1. The summed E-state index contributed by atoms with van der Waals surface area (Å²) in [6, 6.07) is 6.79. The highest BCUT2D eigenvalue weighted by Gasteiger charge is 2.26. The summed E-state index contributed by atoms with van der Waals surface area (Å²) in [4.78, 5) is 37.5. The summed E-state index contributed by atoms with van der Waals surface area (Å²) in [5, 5.41) is 25.2. The molecule has 2 aromatic carbocycles. The van der Waals surface area contributed by atoms with E-state index in [2.05, 4.69) is 10.6 Å². The molecule has 0 aliphatic rings. The van der Waals surface area contributed by atoms with Crippen molar-refractivity contribution in [2.24, 2.45) is 0 Å². The van der Waals surface area contributed by atoms with Gasteiger partial charge in [0, 0.05) is 22.5 Å². The number of carbonyl (C=O) groups excluding carboxylic acids is 3. The first-order valence-electron chi connectivity index (χ1n) is 10.4. The van der Waals surface area contributed by atoms with Gasteiger partial charge in [0.1, 0.15) is 11.2 Å². The van der Waals surface area contributed by atoms with Crippen molar-refractivity contribution in [3.8, 4) is 0 Å². The van der Waals surface area contributed by atoms with E-state index in [4.69, 9.17) is 0 Å². The first-order valence-corrected chi connectivity index (χ1v) is 10.4. The second-order valence-corrected chi connectivity index (χ2v) is 9.33. The first kappa shape index (κ1) is 25.2. The lowest BCUT2D eigenvalue weighted by Gasteiger charge is -2.20. The van der Waals surface area contributed by atoms with E-state index in [1.165, 1.54) is 27.7 Å². The minimum absolute atomic E-state index is 0.192. The van der Waals surface area contributed by atoms with Crippen LogP contribution >= 0.6 is 0 Å². The van der Waals surface area contributed by atoms with Crippen LogP contribution < -0.4 is 10.6 Å². The zero-order valence-electron chi connectivity index (χ0n) is 19.9. The molecule has 0 spiro atoms. The minimum atomic E-state index is -1.52. The molecule has 4 N–H and O–H groups in total. The molecule has 7 heteroatoms. The summed E-state index contributed by atoms with van der Waals surface area (Å²) in [6.07, 6.45) is 0. The van der Waals surface area contributed by atoms with Crippen LogP contribution in [0.15, 0.2) is 24.3 Å². The molecule has 2 amide bonds. The maximum absolute atomic E-state index is 13.2.